The molecule has 0 spiro atoms. The molecule has 0 aliphatic heterocycles. The van der Waals surface area contributed by atoms with E-state index in [-0.39, 0.29) is 5.91 Å². The molecule has 4 nitrogen and oxygen atoms in total. The van der Waals surface area contributed by atoms with Crippen molar-refractivity contribution in [3.05, 3.63) is 48.0 Å². The molecule has 1 amide bonds. The molecule has 0 unspecified atom stereocenters. The lowest BCUT2D eigenvalue weighted by molar-refractivity contribution is -0.118. The highest BCUT2D eigenvalue weighted by atomic mass is 16.1. The van der Waals surface area contributed by atoms with Gasteiger partial charge in [-0.05, 0) is 19.1 Å². The summed E-state index contributed by atoms with van der Waals surface area (Å²) in [5, 5.41) is 2.77. The van der Waals surface area contributed by atoms with Gasteiger partial charge in [-0.15, -0.1) is 0 Å². The second-order valence-corrected chi connectivity index (χ2v) is 4.22. The summed E-state index contributed by atoms with van der Waals surface area (Å²) in [6.07, 6.45) is 2.77. The van der Waals surface area contributed by atoms with Crippen molar-refractivity contribution in [2.24, 2.45) is 0 Å². The summed E-state index contributed by atoms with van der Waals surface area (Å²) in [4.78, 5) is 15.3. The average Bonchev–Trinajstić information content (AvgIpc) is 2.71. The van der Waals surface area contributed by atoms with Crippen molar-refractivity contribution in [3.63, 3.8) is 0 Å². The van der Waals surface area contributed by atoms with E-state index in [9.17, 15) is 4.79 Å². The van der Waals surface area contributed by atoms with E-state index in [1.807, 2.05) is 43.5 Å². The lowest BCUT2D eigenvalue weighted by Gasteiger charge is -2.03. The summed E-state index contributed by atoms with van der Waals surface area (Å²) < 4.78 is 2.06. The van der Waals surface area contributed by atoms with Crippen molar-refractivity contribution < 1.29 is 4.79 Å². The van der Waals surface area contributed by atoms with Crippen LogP contribution in [0.25, 0.3) is 5.69 Å². The molecular formula is C14H17N3O. The third-order valence-electron chi connectivity index (χ3n) is 2.72. The standard InChI is InChI=1S/C14H17N3O/c1-11-16-13(8-9-15-12(2)18)10-17(11)14-6-4-3-5-7-14/h3-7,10H,8-9H2,1-2H3,(H,15,18). The normalized spacial score (nSPS) is 10.3. The number of carbonyl (C=O) groups is 1. The van der Waals surface area contributed by atoms with Crippen LogP contribution in [-0.4, -0.2) is 22.0 Å². The van der Waals surface area contributed by atoms with E-state index in [2.05, 4.69) is 14.9 Å². The molecule has 4 heteroatoms. The fraction of sp³-hybridized carbons (Fsp3) is 0.286. The number of para-hydroxylation sites is 1. The third-order valence-corrected chi connectivity index (χ3v) is 2.72. The Labute approximate surface area is 107 Å². The Morgan fingerprint density at radius 1 is 1.33 bits per heavy atom. The van der Waals surface area contributed by atoms with Gasteiger partial charge in [-0.25, -0.2) is 4.98 Å². The lowest BCUT2D eigenvalue weighted by Crippen LogP contribution is -2.22. The number of imidazole rings is 1. The summed E-state index contributed by atoms with van der Waals surface area (Å²) in [6.45, 7) is 4.13. The van der Waals surface area contributed by atoms with Crippen LogP contribution in [0.15, 0.2) is 36.5 Å². The summed E-state index contributed by atoms with van der Waals surface area (Å²) in [5.41, 5.74) is 2.10. The van der Waals surface area contributed by atoms with Crippen LogP contribution < -0.4 is 5.32 Å². The van der Waals surface area contributed by atoms with Crippen LogP contribution in [0.3, 0.4) is 0 Å². The fourth-order valence-electron chi connectivity index (χ4n) is 1.87. The van der Waals surface area contributed by atoms with E-state index >= 15 is 0 Å². The maximum Gasteiger partial charge on any atom is 0.216 e. The number of aryl methyl sites for hydroxylation is 1. The third kappa shape index (κ3) is 2.97. The van der Waals surface area contributed by atoms with Crippen LogP contribution >= 0.6 is 0 Å². The number of hydrogen-bond donors (Lipinski definition) is 1. The monoisotopic (exact) mass is 243 g/mol. The first kappa shape index (κ1) is 12.4. The quantitative estimate of drug-likeness (QED) is 0.891. The van der Waals surface area contributed by atoms with Gasteiger partial charge in [0.2, 0.25) is 5.91 Å². The average molecular weight is 243 g/mol. The van der Waals surface area contributed by atoms with Crippen LogP contribution in [0, 0.1) is 6.92 Å². The van der Waals surface area contributed by atoms with Crippen LogP contribution in [0.5, 0.6) is 0 Å². The van der Waals surface area contributed by atoms with Crippen molar-refractivity contribution >= 4 is 5.91 Å². The summed E-state index contributed by atoms with van der Waals surface area (Å²) in [7, 11) is 0. The summed E-state index contributed by atoms with van der Waals surface area (Å²) in [5.74, 6) is 0.952. The molecule has 2 aromatic rings. The fourth-order valence-corrected chi connectivity index (χ4v) is 1.87. The van der Waals surface area contributed by atoms with Crippen molar-refractivity contribution in [1.82, 2.24) is 14.9 Å². The van der Waals surface area contributed by atoms with Crippen molar-refractivity contribution in [2.75, 3.05) is 6.54 Å². The largest absolute Gasteiger partial charge is 0.356 e. The van der Waals surface area contributed by atoms with Gasteiger partial charge in [0.25, 0.3) is 0 Å². The zero-order valence-electron chi connectivity index (χ0n) is 10.7. The Morgan fingerprint density at radius 2 is 2.06 bits per heavy atom. The predicted molar refractivity (Wildman–Crippen MR) is 70.7 cm³/mol. The van der Waals surface area contributed by atoms with Gasteiger partial charge in [0.05, 0.1) is 5.69 Å². The van der Waals surface area contributed by atoms with Gasteiger partial charge in [-0.1, -0.05) is 18.2 Å². The minimum atomic E-state index is -0.00536. The van der Waals surface area contributed by atoms with Crippen LogP contribution in [0.1, 0.15) is 18.4 Å². The van der Waals surface area contributed by atoms with E-state index in [0.717, 1.165) is 23.6 Å². The van der Waals surface area contributed by atoms with Crippen LogP contribution in [-0.2, 0) is 11.2 Å². The molecule has 0 saturated heterocycles. The van der Waals surface area contributed by atoms with Crippen molar-refractivity contribution in [2.45, 2.75) is 20.3 Å². The zero-order valence-corrected chi connectivity index (χ0v) is 10.7. The molecule has 1 aromatic heterocycles. The molecule has 94 valence electrons. The summed E-state index contributed by atoms with van der Waals surface area (Å²) in [6, 6.07) is 10.1. The highest BCUT2D eigenvalue weighted by Gasteiger charge is 2.05. The maximum absolute atomic E-state index is 10.8. The molecule has 0 aliphatic carbocycles. The minimum Gasteiger partial charge on any atom is -0.356 e. The molecule has 2 rings (SSSR count). The van der Waals surface area contributed by atoms with Gasteiger partial charge in [0.1, 0.15) is 5.82 Å². The molecule has 0 saturated carbocycles. The first-order valence-electron chi connectivity index (χ1n) is 6.01. The highest BCUT2D eigenvalue weighted by molar-refractivity contribution is 5.72. The number of aromatic nitrogens is 2. The first-order valence-corrected chi connectivity index (χ1v) is 6.01. The predicted octanol–water partition coefficient (Wildman–Crippen LogP) is 1.86. The maximum atomic E-state index is 10.8. The molecule has 18 heavy (non-hydrogen) atoms. The molecular weight excluding hydrogens is 226 g/mol. The number of carbonyl (C=O) groups excluding carboxylic acids is 1. The molecule has 1 heterocycles. The zero-order chi connectivity index (χ0) is 13.0. The van der Waals surface area contributed by atoms with E-state index < -0.39 is 0 Å². The van der Waals surface area contributed by atoms with Crippen molar-refractivity contribution in [1.29, 1.82) is 0 Å². The van der Waals surface area contributed by atoms with E-state index in [4.69, 9.17) is 0 Å². The van der Waals surface area contributed by atoms with Gasteiger partial charge in [0.15, 0.2) is 0 Å². The highest BCUT2D eigenvalue weighted by Crippen LogP contribution is 2.12. The SMILES string of the molecule is CC(=O)NCCc1cn(-c2ccccc2)c(C)n1. The minimum absolute atomic E-state index is 0.00536. The summed E-state index contributed by atoms with van der Waals surface area (Å²) >= 11 is 0. The lowest BCUT2D eigenvalue weighted by atomic mass is 10.3. The van der Waals surface area contributed by atoms with E-state index in [0.29, 0.717) is 6.54 Å². The number of amides is 1. The van der Waals surface area contributed by atoms with Crippen molar-refractivity contribution in [3.8, 4) is 5.69 Å². The van der Waals surface area contributed by atoms with E-state index in [1.165, 1.54) is 6.92 Å². The van der Waals surface area contributed by atoms with E-state index in [1.54, 1.807) is 0 Å². The number of nitrogens with zero attached hydrogens (tertiary/aromatic N) is 2. The Hall–Kier alpha value is -2.10. The molecule has 0 radical (unpaired) electrons. The van der Waals surface area contributed by atoms with Gasteiger partial charge in [0, 0.05) is 31.8 Å². The molecule has 1 N–H and O–H groups in total. The first-order chi connectivity index (χ1) is 8.66. The topological polar surface area (TPSA) is 46.9 Å². The van der Waals surface area contributed by atoms with Gasteiger partial charge >= 0.3 is 0 Å². The van der Waals surface area contributed by atoms with Gasteiger partial charge < -0.3 is 9.88 Å². The molecule has 0 aliphatic rings. The number of rotatable bonds is 4. The number of hydrogen-bond acceptors (Lipinski definition) is 2. The molecule has 0 fully saturated rings. The molecule has 0 bridgehead atoms. The van der Waals surface area contributed by atoms with Crippen LogP contribution in [0.2, 0.25) is 0 Å². The van der Waals surface area contributed by atoms with Crippen LogP contribution in [0.4, 0.5) is 0 Å². The Kier molecular flexibility index (Phi) is 3.77. The Balaban J connectivity index is 2.10. The molecule has 1 aromatic carbocycles. The van der Waals surface area contributed by atoms with Gasteiger partial charge in [-0.3, -0.25) is 4.79 Å². The molecule has 0 atom stereocenters. The second-order valence-electron chi connectivity index (χ2n) is 4.22. The Bertz CT molecular complexity index is 531. The number of benzene rings is 1. The smallest absolute Gasteiger partial charge is 0.216 e. The number of nitrogens with one attached hydrogen (secondary N) is 1. The second kappa shape index (κ2) is 5.49. The Morgan fingerprint density at radius 3 is 2.72 bits per heavy atom. The van der Waals surface area contributed by atoms with Gasteiger partial charge in [-0.2, -0.15) is 0 Å².